The van der Waals surface area contributed by atoms with Gasteiger partial charge in [0, 0.05) is 86.0 Å². The van der Waals surface area contributed by atoms with E-state index in [2.05, 4.69) is 21.0 Å². The molecule has 3 aromatic heterocycles. The lowest BCUT2D eigenvalue weighted by molar-refractivity contribution is -0.123. The van der Waals surface area contributed by atoms with Crippen molar-refractivity contribution >= 4 is 23.0 Å². The monoisotopic (exact) mass is 615 g/mol. The van der Waals surface area contributed by atoms with Gasteiger partial charge >= 0.3 is 0 Å². The molecule has 2 atom stereocenters. The molecule has 4 aromatic rings. The summed E-state index contributed by atoms with van der Waals surface area (Å²) in [6.07, 6.45) is 8.75. The van der Waals surface area contributed by atoms with Crippen LogP contribution < -0.4 is 9.64 Å². The van der Waals surface area contributed by atoms with Gasteiger partial charge in [0.2, 0.25) is 0 Å². The number of fused-ring (bicyclic) bond motifs is 3. The maximum absolute atomic E-state index is 13.1. The second kappa shape index (κ2) is 11.0. The number of aromatic nitrogens is 3. The van der Waals surface area contributed by atoms with Crippen molar-refractivity contribution in [1.29, 1.82) is 5.26 Å². The zero-order valence-corrected chi connectivity index (χ0v) is 26.3. The van der Waals surface area contributed by atoms with Crippen molar-refractivity contribution < 1.29 is 14.3 Å². The Hall–Kier alpha value is -4.75. The topological polar surface area (TPSA) is 107 Å². The number of anilines is 1. The van der Waals surface area contributed by atoms with Crippen LogP contribution in [0, 0.1) is 30.6 Å². The molecular weight excluding hydrogens is 578 g/mol. The van der Waals surface area contributed by atoms with Gasteiger partial charge in [-0.1, -0.05) is 12.1 Å². The SMILES string of the molecule is Cc1cccc(C(=O)N2CC3(C2)CN(c2ccc(-c4cc(OCCN5C6CCC5CC(=O)C6)cn5ncc(C#N)c45)cn2)C3)c1C. The molecule has 7 heterocycles. The summed E-state index contributed by atoms with van der Waals surface area (Å²) in [5.41, 5.74) is 6.08. The van der Waals surface area contributed by atoms with E-state index in [1.807, 2.05) is 67.5 Å². The van der Waals surface area contributed by atoms with Crippen LogP contribution in [0.5, 0.6) is 5.75 Å². The molecule has 4 saturated heterocycles. The first-order valence-corrected chi connectivity index (χ1v) is 16.2. The molecule has 234 valence electrons. The Morgan fingerprint density at radius 2 is 1.85 bits per heavy atom. The highest BCUT2D eigenvalue weighted by atomic mass is 16.5. The number of ether oxygens (including phenoxy) is 1. The number of hydrogen-bond donors (Lipinski definition) is 0. The first-order chi connectivity index (χ1) is 22.3. The van der Waals surface area contributed by atoms with Gasteiger partial charge in [-0.3, -0.25) is 14.5 Å². The Balaban J connectivity index is 0.937. The zero-order valence-electron chi connectivity index (χ0n) is 26.3. The highest BCUT2D eigenvalue weighted by Crippen LogP contribution is 2.42. The highest BCUT2D eigenvalue weighted by Gasteiger charge is 2.53. The van der Waals surface area contributed by atoms with Gasteiger partial charge in [-0.25, -0.2) is 9.50 Å². The molecule has 46 heavy (non-hydrogen) atoms. The van der Waals surface area contributed by atoms with Crippen molar-refractivity contribution in [2.24, 2.45) is 5.41 Å². The number of amides is 1. The summed E-state index contributed by atoms with van der Waals surface area (Å²) in [7, 11) is 0. The number of benzene rings is 1. The zero-order chi connectivity index (χ0) is 31.6. The van der Waals surface area contributed by atoms with Crippen LogP contribution in [0.1, 0.15) is 52.7 Å². The molecule has 10 nitrogen and oxygen atoms in total. The van der Waals surface area contributed by atoms with Gasteiger partial charge in [0.1, 0.15) is 30.0 Å². The number of likely N-dealkylation sites (tertiary alicyclic amines) is 1. The molecule has 0 radical (unpaired) electrons. The Kier molecular flexibility index (Phi) is 6.83. The number of piperidine rings is 1. The van der Waals surface area contributed by atoms with E-state index in [1.165, 1.54) is 0 Å². The van der Waals surface area contributed by atoms with Crippen molar-refractivity contribution in [3.8, 4) is 22.9 Å². The second-order valence-corrected chi connectivity index (χ2v) is 13.6. The molecule has 1 aromatic carbocycles. The van der Waals surface area contributed by atoms with Gasteiger partial charge in [0.25, 0.3) is 5.91 Å². The van der Waals surface area contributed by atoms with Crippen molar-refractivity contribution in [3.63, 3.8) is 0 Å². The minimum absolute atomic E-state index is 0.122. The fraction of sp³-hybridized carbons (Fsp3) is 0.417. The molecule has 10 heteroatoms. The fourth-order valence-corrected chi connectivity index (χ4v) is 8.09. The lowest BCUT2D eigenvalue weighted by atomic mass is 9.72. The number of Topliss-reactive ketones (excluding diaryl/α,β-unsaturated/α-hetero) is 1. The van der Waals surface area contributed by atoms with E-state index in [9.17, 15) is 14.9 Å². The van der Waals surface area contributed by atoms with Crippen molar-refractivity contribution in [1.82, 2.24) is 24.4 Å². The average Bonchev–Trinajstić information content (AvgIpc) is 3.54. The molecule has 4 fully saturated rings. The maximum atomic E-state index is 13.1. The minimum Gasteiger partial charge on any atom is -0.491 e. The summed E-state index contributed by atoms with van der Waals surface area (Å²) in [6, 6.07) is 14.9. The Morgan fingerprint density at radius 1 is 1.07 bits per heavy atom. The van der Waals surface area contributed by atoms with Gasteiger partial charge in [-0.05, 0) is 62.1 Å². The van der Waals surface area contributed by atoms with Gasteiger partial charge in [-0.15, -0.1) is 0 Å². The van der Waals surface area contributed by atoms with Crippen molar-refractivity contribution in [2.45, 2.75) is 51.6 Å². The fourth-order valence-electron chi connectivity index (χ4n) is 8.09. The molecule has 4 aliphatic rings. The van der Waals surface area contributed by atoms with Crippen molar-refractivity contribution in [3.05, 3.63) is 77.2 Å². The first-order valence-electron chi connectivity index (χ1n) is 16.2. The van der Waals surface area contributed by atoms with Crippen LogP contribution in [0.4, 0.5) is 5.82 Å². The number of nitriles is 1. The third-order valence-electron chi connectivity index (χ3n) is 10.6. The van der Waals surface area contributed by atoms with E-state index in [4.69, 9.17) is 9.72 Å². The largest absolute Gasteiger partial charge is 0.491 e. The summed E-state index contributed by atoms with van der Waals surface area (Å²) in [5.74, 6) is 2.09. The molecular formula is C36H37N7O3. The van der Waals surface area contributed by atoms with Crippen LogP contribution in [-0.2, 0) is 4.79 Å². The maximum Gasteiger partial charge on any atom is 0.254 e. The van der Waals surface area contributed by atoms with Gasteiger partial charge in [0.05, 0.1) is 23.5 Å². The number of ketones is 1. The molecule has 0 saturated carbocycles. The molecule has 0 aliphatic carbocycles. The van der Waals surface area contributed by atoms with Gasteiger partial charge in [-0.2, -0.15) is 10.4 Å². The predicted octanol–water partition coefficient (Wildman–Crippen LogP) is 4.42. The molecule has 2 unspecified atom stereocenters. The number of carbonyl (C=O) groups is 2. The summed E-state index contributed by atoms with van der Waals surface area (Å²) >= 11 is 0. The number of carbonyl (C=O) groups excluding carboxylic acids is 2. The van der Waals surface area contributed by atoms with E-state index in [0.717, 1.165) is 84.7 Å². The standard InChI is InChI=1S/C36H37N7O3/c1-23-4-3-5-31(24(23)2)35(45)41-21-36(22-41)19-40(20-36)33-9-6-25(16-38-33)32-14-30(18-43-34(32)26(15-37)17-39-43)46-11-10-42-27-7-8-28(42)13-29(44)12-27/h3-6,9,14,16-18,27-28H,7-8,10-13,19-22H2,1-2H3. The molecule has 1 spiro atoms. The van der Waals surface area contributed by atoms with Crippen LogP contribution >= 0.6 is 0 Å². The number of aryl methyl sites for hydroxylation is 1. The van der Waals surface area contributed by atoms with Crippen LogP contribution in [0.15, 0.2) is 55.0 Å². The number of pyridine rings is 2. The van der Waals surface area contributed by atoms with Crippen molar-refractivity contribution in [2.75, 3.05) is 44.2 Å². The van der Waals surface area contributed by atoms with E-state index in [0.29, 0.717) is 48.6 Å². The quantitative estimate of drug-likeness (QED) is 0.301. The number of rotatable bonds is 7. The van der Waals surface area contributed by atoms with E-state index < -0.39 is 0 Å². The Morgan fingerprint density at radius 3 is 2.57 bits per heavy atom. The smallest absolute Gasteiger partial charge is 0.254 e. The minimum atomic E-state index is 0.122. The van der Waals surface area contributed by atoms with Crippen LogP contribution in [-0.4, -0.2) is 87.5 Å². The molecule has 1 amide bonds. The summed E-state index contributed by atoms with van der Waals surface area (Å²) in [6.45, 7) is 8.65. The molecule has 4 aliphatic heterocycles. The molecule has 0 N–H and O–H groups in total. The Labute approximate surface area is 268 Å². The highest BCUT2D eigenvalue weighted by molar-refractivity contribution is 5.96. The summed E-state index contributed by atoms with van der Waals surface area (Å²) in [4.78, 5) is 36.6. The lowest BCUT2D eigenvalue weighted by Gasteiger charge is -2.60. The van der Waals surface area contributed by atoms with E-state index in [1.54, 1.807) is 10.7 Å². The van der Waals surface area contributed by atoms with Crippen LogP contribution in [0.2, 0.25) is 0 Å². The summed E-state index contributed by atoms with van der Waals surface area (Å²) in [5, 5.41) is 14.2. The third-order valence-corrected chi connectivity index (χ3v) is 10.6. The normalized spacial score (nSPS) is 21.7. The van der Waals surface area contributed by atoms with E-state index >= 15 is 0 Å². The first kappa shape index (κ1) is 28.7. The van der Waals surface area contributed by atoms with E-state index in [-0.39, 0.29) is 11.3 Å². The van der Waals surface area contributed by atoms with Gasteiger partial charge in [0.15, 0.2) is 0 Å². The van der Waals surface area contributed by atoms with Crippen LogP contribution in [0.3, 0.4) is 0 Å². The number of nitrogens with zero attached hydrogens (tertiary/aromatic N) is 7. The molecule has 8 rings (SSSR count). The predicted molar refractivity (Wildman–Crippen MR) is 173 cm³/mol. The Bertz CT molecular complexity index is 1880. The van der Waals surface area contributed by atoms with Gasteiger partial charge < -0.3 is 14.5 Å². The molecule has 2 bridgehead atoms. The lowest BCUT2D eigenvalue weighted by Crippen LogP contribution is -2.73. The second-order valence-electron chi connectivity index (χ2n) is 13.6. The summed E-state index contributed by atoms with van der Waals surface area (Å²) < 4.78 is 7.95. The number of hydrogen-bond acceptors (Lipinski definition) is 8. The average molecular weight is 616 g/mol. The third kappa shape index (κ3) is 4.81. The van der Waals surface area contributed by atoms with Crippen LogP contribution in [0.25, 0.3) is 16.6 Å².